The minimum absolute atomic E-state index is 0.302. The molecule has 0 radical (unpaired) electrons. The van der Waals surface area contributed by atoms with Crippen molar-refractivity contribution in [3.63, 3.8) is 0 Å². The number of carbonyl (C=O) groups excluding carboxylic acids is 3. The van der Waals surface area contributed by atoms with Crippen LogP contribution in [0, 0.1) is 6.92 Å². The minimum Gasteiger partial charge on any atom is -0.342 e. The van der Waals surface area contributed by atoms with Gasteiger partial charge in [-0.25, -0.2) is 0 Å². The van der Waals surface area contributed by atoms with Crippen LogP contribution in [0.3, 0.4) is 0 Å². The Bertz CT molecular complexity index is 1780. The summed E-state index contributed by atoms with van der Waals surface area (Å²) >= 11 is 0.860. The van der Waals surface area contributed by atoms with Gasteiger partial charge in [0.2, 0.25) is 5.91 Å². The molecule has 7 heteroatoms. The smallest absolute Gasteiger partial charge is 0.294 e. The lowest BCUT2D eigenvalue weighted by Gasteiger charge is -2.12. The second kappa shape index (κ2) is 10.3. The van der Waals surface area contributed by atoms with Crippen LogP contribution in [-0.2, 0) is 16.1 Å². The van der Waals surface area contributed by atoms with E-state index in [2.05, 4.69) is 46.3 Å². The fraction of sp³-hybridized carbons (Fsp3) is 0.0938. The lowest BCUT2D eigenvalue weighted by Crippen LogP contribution is -2.36. The molecule has 0 saturated carbocycles. The van der Waals surface area contributed by atoms with Crippen molar-refractivity contribution in [2.45, 2.75) is 13.5 Å². The van der Waals surface area contributed by atoms with Crippen molar-refractivity contribution in [3.05, 3.63) is 119 Å². The number of para-hydroxylation sites is 1. The third-order valence-electron chi connectivity index (χ3n) is 6.84. The summed E-state index contributed by atoms with van der Waals surface area (Å²) in [7, 11) is 0. The topological polar surface area (TPSA) is 71.4 Å². The zero-order valence-electron chi connectivity index (χ0n) is 21.3. The van der Waals surface area contributed by atoms with Gasteiger partial charge in [0.05, 0.1) is 4.91 Å². The third kappa shape index (κ3) is 4.96. The first-order valence-corrected chi connectivity index (χ1v) is 13.4. The Balaban J connectivity index is 1.26. The van der Waals surface area contributed by atoms with E-state index in [1.165, 1.54) is 16.3 Å². The van der Waals surface area contributed by atoms with Crippen molar-refractivity contribution in [2.24, 2.45) is 0 Å². The number of anilines is 1. The van der Waals surface area contributed by atoms with Crippen LogP contribution in [0.5, 0.6) is 0 Å². The lowest BCUT2D eigenvalue weighted by molar-refractivity contribution is -0.127. The van der Waals surface area contributed by atoms with Crippen molar-refractivity contribution >= 4 is 62.3 Å². The van der Waals surface area contributed by atoms with Crippen molar-refractivity contribution in [2.75, 3.05) is 11.9 Å². The molecule has 5 aromatic rings. The van der Waals surface area contributed by atoms with E-state index in [1.807, 2.05) is 55.6 Å². The molecule has 2 heterocycles. The summed E-state index contributed by atoms with van der Waals surface area (Å²) in [6.07, 6.45) is 3.77. The van der Waals surface area contributed by atoms with Gasteiger partial charge in [-0.05, 0) is 59.3 Å². The average Bonchev–Trinajstić information content (AvgIpc) is 3.42. The van der Waals surface area contributed by atoms with Crippen LogP contribution in [0.15, 0.2) is 102 Å². The molecule has 1 aliphatic rings. The number of nitrogens with one attached hydrogen (secondary N) is 1. The van der Waals surface area contributed by atoms with Gasteiger partial charge in [-0.1, -0.05) is 78.4 Å². The summed E-state index contributed by atoms with van der Waals surface area (Å²) < 4.78 is 2.17. The molecule has 192 valence electrons. The number of aryl methyl sites for hydroxylation is 1. The molecule has 0 spiro atoms. The molecular formula is C32H25N3O3S. The Morgan fingerprint density at radius 3 is 2.41 bits per heavy atom. The van der Waals surface area contributed by atoms with Crippen LogP contribution < -0.4 is 5.32 Å². The van der Waals surface area contributed by atoms with E-state index in [0.717, 1.165) is 38.7 Å². The molecule has 3 amide bonds. The van der Waals surface area contributed by atoms with Crippen LogP contribution in [0.1, 0.15) is 16.7 Å². The first-order chi connectivity index (χ1) is 19.0. The molecule has 6 rings (SSSR count). The predicted octanol–water partition coefficient (Wildman–Crippen LogP) is 6.83. The highest BCUT2D eigenvalue weighted by Crippen LogP contribution is 2.34. The van der Waals surface area contributed by atoms with Crippen molar-refractivity contribution in [3.8, 4) is 0 Å². The molecule has 1 N–H and O–H groups in total. The van der Waals surface area contributed by atoms with Gasteiger partial charge in [0.25, 0.3) is 11.1 Å². The maximum Gasteiger partial charge on any atom is 0.294 e. The SMILES string of the molecule is Cc1ccc(NC(=O)CN2C(=O)S/C(=C\c3cn(Cc4cccc5ccccc45)c4ccccc34)C2=O)cc1. The lowest BCUT2D eigenvalue weighted by atomic mass is 10.0. The molecule has 1 aliphatic heterocycles. The Labute approximate surface area is 229 Å². The highest BCUT2D eigenvalue weighted by molar-refractivity contribution is 8.18. The number of carbonyl (C=O) groups is 3. The van der Waals surface area contributed by atoms with Crippen molar-refractivity contribution < 1.29 is 14.4 Å². The molecule has 0 bridgehead atoms. The van der Waals surface area contributed by atoms with Gasteiger partial charge >= 0.3 is 0 Å². The molecule has 0 unspecified atom stereocenters. The van der Waals surface area contributed by atoms with Gasteiger partial charge in [-0.15, -0.1) is 0 Å². The van der Waals surface area contributed by atoms with E-state index in [-0.39, 0.29) is 6.54 Å². The summed E-state index contributed by atoms with van der Waals surface area (Å²) in [5, 5.41) is 5.67. The van der Waals surface area contributed by atoms with Crippen LogP contribution >= 0.6 is 11.8 Å². The molecule has 0 aliphatic carbocycles. The van der Waals surface area contributed by atoms with Gasteiger partial charge in [0, 0.05) is 34.9 Å². The Kier molecular flexibility index (Phi) is 6.50. The summed E-state index contributed by atoms with van der Waals surface area (Å²) in [5.74, 6) is -0.885. The molecule has 0 atom stereocenters. The fourth-order valence-corrected chi connectivity index (χ4v) is 5.72. The van der Waals surface area contributed by atoms with Gasteiger partial charge in [0.15, 0.2) is 0 Å². The van der Waals surface area contributed by atoms with Gasteiger partial charge < -0.3 is 9.88 Å². The summed E-state index contributed by atoms with van der Waals surface area (Å²) in [6.45, 7) is 2.29. The number of hydrogen-bond donors (Lipinski definition) is 1. The van der Waals surface area contributed by atoms with Crippen molar-refractivity contribution in [1.29, 1.82) is 0 Å². The molecular weight excluding hydrogens is 506 g/mol. The third-order valence-corrected chi connectivity index (χ3v) is 7.74. The maximum absolute atomic E-state index is 13.2. The molecule has 6 nitrogen and oxygen atoms in total. The van der Waals surface area contributed by atoms with E-state index >= 15 is 0 Å². The standard InChI is InChI=1S/C32H25N3O3S/c1-21-13-15-25(16-14-21)33-30(36)20-35-31(37)29(39-32(35)38)17-24-19-34(28-12-5-4-11-27(24)28)18-23-9-6-8-22-7-2-3-10-26(22)23/h2-17,19H,18,20H2,1H3,(H,33,36)/b29-17-. The number of imide groups is 1. The Morgan fingerprint density at radius 1 is 0.872 bits per heavy atom. The molecule has 1 fully saturated rings. The van der Waals surface area contributed by atoms with E-state index in [1.54, 1.807) is 18.2 Å². The van der Waals surface area contributed by atoms with Gasteiger partial charge in [0.1, 0.15) is 6.54 Å². The number of fused-ring (bicyclic) bond motifs is 2. The van der Waals surface area contributed by atoms with Crippen LogP contribution in [0.4, 0.5) is 10.5 Å². The van der Waals surface area contributed by atoms with Gasteiger partial charge in [-0.3, -0.25) is 19.3 Å². The monoisotopic (exact) mass is 531 g/mol. The quantitative estimate of drug-likeness (QED) is 0.244. The second-order valence-electron chi connectivity index (χ2n) is 9.55. The fourth-order valence-electron chi connectivity index (χ4n) is 4.89. The number of thioether (sulfide) groups is 1. The number of benzene rings is 4. The van der Waals surface area contributed by atoms with E-state index in [4.69, 9.17) is 0 Å². The second-order valence-corrected chi connectivity index (χ2v) is 10.5. The average molecular weight is 532 g/mol. The number of rotatable bonds is 6. The maximum atomic E-state index is 13.2. The van der Waals surface area contributed by atoms with E-state index < -0.39 is 17.1 Å². The molecule has 4 aromatic carbocycles. The molecule has 1 aromatic heterocycles. The summed E-state index contributed by atoms with van der Waals surface area (Å²) in [6, 6.07) is 30.0. The first-order valence-electron chi connectivity index (χ1n) is 12.6. The molecule has 39 heavy (non-hydrogen) atoms. The van der Waals surface area contributed by atoms with Crippen LogP contribution in [0.25, 0.3) is 27.8 Å². The highest BCUT2D eigenvalue weighted by Gasteiger charge is 2.36. The predicted molar refractivity (Wildman–Crippen MR) is 157 cm³/mol. The Hall–Kier alpha value is -4.62. The number of amides is 3. The normalized spacial score (nSPS) is 14.6. The largest absolute Gasteiger partial charge is 0.342 e. The van der Waals surface area contributed by atoms with E-state index in [0.29, 0.717) is 17.1 Å². The zero-order valence-corrected chi connectivity index (χ0v) is 22.1. The van der Waals surface area contributed by atoms with Gasteiger partial charge in [-0.2, -0.15) is 0 Å². The van der Waals surface area contributed by atoms with E-state index in [9.17, 15) is 14.4 Å². The minimum atomic E-state index is -0.463. The first kappa shape index (κ1) is 24.7. The highest BCUT2D eigenvalue weighted by atomic mass is 32.2. The van der Waals surface area contributed by atoms with Crippen molar-refractivity contribution in [1.82, 2.24) is 9.47 Å². The zero-order chi connectivity index (χ0) is 26.9. The molecule has 1 saturated heterocycles. The summed E-state index contributed by atoms with van der Waals surface area (Å²) in [5.41, 5.74) is 4.77. The number of aromatic nitrogens is 1. The Morgan fingerprint density at radius 2 is 1.59 bits per heavy atom. The number of nitrogens with zero attached hydrogens (tertiary/aromatic N) is 2. The summed E-state index contributed by atoms with van der Waals surface area (Å²) in [4.78, 5) is 39.7. The number of hydrogen-bond acceptors (Lipinski definition) is 4. The van der Waals surface area contributed by atoms with Crippen LogP contribution in [0.2, 0.25) is 0 Å². The van der Waals surface area contributed by atoms with Crippen LogP contribution in [-0.4, -0.2) is 33.1 Å².